The number of methoxy groups -OCH3 is 1. The number of carbonyl (C=O) groups excluding carboxylic acids is 1. The summed E-state index contributed by atoms with van der Waals surface area (Å²) >= 11 is 0. The van der Waals surface area contributed by atoms with Crippen LogP contribution in [0.4, 0.5) is 4.39 Å². The second-order valence-corrected chi connectivity index (χ2v) is 9.29. The molecule has 0 aliphatic rings. The smallest absolute Gasteiger partial charge is 0.254 e. The van der Waals surface area contributed by atoms with Crippen LogP contribution < -0.4 is 0 Å². The minimum Gasteiger partial charge on any atom is -0.383 e. The standard InChI is InChI=1S/C24H26FN3O4S/c1-3-12-27(23(29)20-10-7-11-21(25)15-20)17-22-16-26-24(28(22)13-14-32-2)33(30,31)18-19-8-5-4-6-9-19/h3-11,15-16H,1,12-14,17-18H2,2H3. The van der Waals surface area contributed by atoms with Crippen LogP contribution in [0.3, 0.4) is 0 Å². The Morgan fingerprint density at radius 1 is 1.21 bits per heavy atom. The molecule has 1 heterocycles. The highest BCUT2D eigenvalue weighted by Crippen LogP contribution is 2.20. The molecular weight excluding hydrogens is 445 g/mol. The Morgan fingerprint density at radius 2 is 1.97 bits per heavy atom. The molecule has 0 aliphatic carbocycles. The zero-order valence-corrected chi connectivity index (χ0v) is 19.2. The van der Waals surface area contributed by atoms with Crippen molar-refractivity contribution < 1.29 is 22.3 Å². The molecule has 0 saturated heterocycles. The lowest BCUT2D eigenvalue weighted by atomic mass is 10.2. The summed E-state index contributed by atoms with van der Waals surface area (Å²) in [5.74, 6) is -1.11. The predicted octanol–water partition coefficient (Wildman–Crippen LogP) is 3.47. The zero-order chi connectivity index (χ0) is 23.8. The van der Waals surface area contributed by atoms with Gasteiger partial charge < -0.3 is 14.2 Å². The fourth-order valence-corrected chi connectivity index (χ4v) is 4.94. The van der Waals surface area contributed by atoms with Crippen molar-refractivity contribution >= 4 is 15.7 Å². The quantitative estimate of drug-likeness (QED) is 0.400. The zero-order valence-electron chi connectivity index (χ0n) is 18.4. The van der Waals surface area contributed by atoms with E-state index in [0.717, 1.165) is 6.07 Å². The molecule has 9 heteroatoms. The van der Waals surface area contributed by atoms with Gasteiger partial charge in [-0.25, -0.2) is 17.8 Å². The van der Waals surface area contributed by atoms with Crippen LogP contribution in [0.25, 0.3) is 0 Å². The molecule has 0 unspecified atom stereocenters. The van der Waals surface area contributed by atoms with Gasteiger partial charge in [-0.1, -0.05) is 42.5 Å². The number of aromatic nitrogens is 2. The van der Waals surface area contributed by atoms with Gasteiger partial charge in [0.25, 0.3) is 5.91 Å². The molecule has 0 bridgehead atoms. The monoisotopic (exact) mass is 471 g/mol. The van der Waals surface area contributed by atoms with Crippen molar-refractivity contribution in [1.29, 1.82) is 0 Å². The molecule has 0 atom stereocenters. The summed E-state index contributed by atoms with van der Waals surface area (Å²) in [6, 6.07) is 14.3. The van der Waals surface area contributed by atoms with Crippen molar-refractivity contribution in [3.8, 4) is 0 Å². The largest absolute Gasteiger partial charge is 0.383 e. The first-order valence-corrected chi connectivity index (χ1v) is 12.0. The highest BCUT2D eigenvalue weighted by molar-refractivity contribution is 7.90. The Kier molecular flexibility index (Phi) is 8.13. The average molecular weight is 472 g/mol. The molecule has 1 amide bonds. The molecule has 0 spiro atoms. The van der Waals surface area contributed by atoms with Crippen LogP contribution in [-0.2, 0) is 33.4 Å². The highest BCUT2D eigenvalue weighted by Gasteiger charge is 2.25. The Labute approximate surface area is 193 Å². The first-order chi connectivity index (χ1) is 15.9. The van der Waals surface area contributed by atoms with E-state index in [4.69, 9.17) is 4.74 Å². The fourth-order valence-electron chi connectivity index (χ4n) is 3.42. The molecule has 0 aliphatic heterocycles. The Hall–Kier alpha value is -3.30. The number of rotatable bonds is 11. The van der Waals surface area contributed by atoms with Gasteiger partial charge in [0.15, 0.2) is 0 Å². The van der Waals surface area contributed by atoms with E-state index < -0.39 is 21.6 Å². The van der Waals surface area contributed by atoms with Crippen molar-refractivity contribution in [3.05, 3.63) is 96.1 Å². The van der Waals surface area contributed by atoms with Crippen LogP contribution in [0.5, 0.6) is 0 Å². The Bertz CT molecular complexity index is 1210. The van der Waals surface area contributed by atoms with Crippen LogP contribution in [0.1, 0.15) is 21.6 Å². The van der Waals surface area contributed by atoms with Gasteiger partial charge in [-0.2, -0.15) is 0 Å². The van der Waals surface area contributed by atoms with Crippen LogP contribution in [0.2, 0.25) is 0 Å². The molecule has 0 radical (unpaired) electrons. The van der Waals surface area contributed by atoms with E-state index in [0.29, 0.717) is 11.3 Å². The topological polar surface area (TPSA) is 81.5 Å². The molecule has 33 heavy (non-hydrogen) atoms. The molecule has 0 fully saturated rings. The van der Waals surface area contributed by atoms with Gasteiger partial charge in [-0.15, -0.1) is 6.58 Å². The van der Waals surface area contributed by atoms with E-state index in [1.165, 1.54) is 36.4 Å². The van der Waals surface area contributed by atoms with Crippen LogP contribution in [0, 0.1) is 5.82 Å². The number of sulfone groups is 1. The normalized spacial score (nSPS) is 11.3. The molecule has 3 aromatic rings. The summed E-state index contributed by atoms with van der Waals surface area (Å²) in [6.45, 7) is 4.45. The molecule has 1 aromatic heterocycles. The predicted molar refractivity (Wildman–Crippen MR) is 123 cm³/mol. The number of amides is 1. The van der Waals surface area contributed by atoms with Crippen LogP contribution in [0.15, 0.2) is 78.6 Å². The molecule has 174 valence electrons. The van der Waals surface area contributed by atoms with Gasteiger partial charge in [0.05, 0.1) is 30.8 Å². The van der Waals surface area contributed by atoms with E-state index in [1.807, 2.05) is 6.07 Å². The SMILES string of the molecule is C=CCN(Cc1cnc(S(=O)(=O)Cc2ccccc2)n1CCOC)C(=O)c1cccc(F)c1. The molecule has 0 N–H and O–H groups in total. The van der Waals surface area contributed by atoms with Gasteiger partial charge in [0.1, 0.15) is 5.82 Å². The summed E-state index contributed by atoms with van der Waals surface area (Å²) in [4.78, 5) is 18.6. The molecule has 0 saturated carbocycles. The Balaban J connectivity index is 1.93. The van der Waals surface area contributed by atoms with Crippen molar-refractivity contribution in [2.24, 2.45) is 0 Å². The fraction of sp³-hybridized carbons (Fsp3) is 0.250. The van der Waals surface area contributed by atoms with E-state index in [2.05, 4.69) is 11.6 Å². The van der Waals surface area contributed by atoms with Crippen molar-refractivity contribution in [3.63, 3.8) is 0 Å². The van der Waals surface area contributed by atoms with Crippen LogP contribution >= 0.6 is 0 Å². The third-order valence-electron chi connectivity index (χ3n) is 4.96. The molecular formula is C24H26FN3O4S. The summed E-state index contributed by atoms with van der Waals surface area (Å²) in [5.41, 5.74) is 1.36. The lowest BCUT2D eigenvalue weighted by Gasteiger charge is -2.22. The third-order valence-corrected chi connectivity index (χ3v) is 6.55. The van der Waals surface area contributed by atoms with Crippen molar-refractivity contribution in [2.45, 2.75) is 24.0 Å². The molecule has 2 aromatic carbocycles. The number of imidazole rings is 1. The van der Waals surface area contributed by atoms with Gasteiger partial charge in [0.2, 0.25) is 15.0 Å². The first-order valence-electron chi connectivity index (χ1n) is 10.3. The number of benzene rings is 2. The summed E-state index contributed by atoms with van der Waals surface area (Å²) in [6.07, 6.45) is 3.00. The van der Waals surface area contributed by atoms with Crippen molar-refractivity contribution in [2.75, 3.05) is 20.3 Å². The van der Waals surface area contributed by atoms with E-state index >= 15 is 0 Å². The summed E-state index contributed by atoms with van der Waals surface area (Å²) in [5, 5.41) is -0.0878. The summed E-state index contributed by atoms with van der Waals surface area (Å²) < 4.78 is 46.6. The third kappa shape index (κ3) is 6.15. The average Bonchev–Trinajstić information content (AvgIpc) is 3.20. The highest BCUT2D eigenvalue weighted by atomic mass is 32.2. The second-order valence-electron chi connectivity index (χ2n) is 7.41. The van der Waals surface area contributed by atoms with Gasteiger partial charge in [0, 0.05) is 25.8 Å². The summed E-state index contributed by atoms with van der Waals surface area (Å²) in [7, 11) is -2.24. The lowest BCUT2D eigenvalue weighted by Crippen LogP contribution is -2.32. The van der Waals surface area contributed by atoms with Gasteiger partial charge in [-0.3, -0.25) is 4.79 Å². The van der Waals surface area contributed by atoms with Crippen LogP contribution in [-0.4, -0.2) is 49.0 Å². The molecule has 7 nitrogen and oxygen atoms in total. The minimum atomic E-state index is -3.76. The number of ether oxygens (including phenoxy) is 1. The maximum Gasteiger partial charge on any atom is 0.254 e. The molecule has 3 rings (SSSR count). The minimum absolute atomic E-state index is 0.0684. The van der Waals surface area contributed by atoms with Gasteiger partial charge in [-0.05, 0) is 23.8 Å². The van der Waals surface area contributed by atoms with E-state index in [1.54, 1.807) is 34.9 Å². The van der Waals surface area contributed by atoms with Crippen molar-refractivity contribution in [1.82, 2.24) is 14.5 Å². The maximum absolute atomic E-state index is 13.6. The number of nitrogens with zero attached hydrogens (tertiary/aromatic N) is 3. The second kappa shape index (κ2) is 11.0. The number of carbonyl (C=O) groups is 1. The Morgan fingerprint density at radius 3 is 2.64 bits per heavy atom. The number of halogens is 1. The lowest BCUT2D eigenvalue weighted by molar-refractivity contribution is 0.0757. The first kappa shape index (κ1) is 24.3. The number of hydrogen-bond acceptors (Lipinski definition) is 5. The van der Waals surface area contributed by atoms with E-state index in [-0.39, 0.29) is 42.7 Å². The number of hydrogen-bond donors (Lipinski definition) is 0. The maximum atomic E-state index is 13.6. The van der Waals surface area contributed by atoms with Gasteiger partial charge >= 0.3 is 0 Å². The van der Waals surface area contributed by atoms with E-state index in [9.17, 15) is 17.6 Å².